The van der Waals surface area contributed by atoms with Gasteiger partial charge in [0.25, 0.3) is 0 Å². The van der Waals surface area contributed by atoms with Crippen LogP contribution in [0.5, 0.6) is 11.5 Å². The van der Waals surface area contributed by atoms with Gasteiger partial charge in [0.1, 0.15) is 11.5 Å². The summed E-state index contributed by atoms with van der Waals surface area (Å²) >= 11 is 0. The maximum Gasteiger partial charge on any atom is 0.231 e. The van der Waals surface area contributed by atoms with Crippen LogP contribution in [-0.2, 0) is 13.6 Å². The molecule has 5 nitrogen and oxygen atoms in total. The molecule has 0 radical (unpaired) electrons. The molecule has 1 fully saturated rings. The van der Waals surface area contributed by atoms with Crippen molar-refractivity contribution in [3.8, 4) is 11.5 Å². The van der Waals surface area contributed by atoms with Crippen molar-refractivity contribution in [3.05, 3.63) is 65.0 Å². The van der Waals surface area contributed by atoms with Crippen LogP contribution in [-0.4, -0.2) is 33.4 Å². The van der Waals surface area contributed by atoms with Gasteiger partial charge in [0.05, 0.1) is 11.1 Å². The molecule has 154 valence electrons. The minimum atomic E-state index is -0.133. The second-order valence-electron chi connectivity index (χ2n) is 8.57. The quantitative estimate of drug-likeness (QED) is 0.644. The molecule has 1 saturated heterocycles. The summed E-state index contributed by atoms with van der Waals surface area (Å²) in [6.07, 6.45) is 6.21. The number of ether oxygens (including phenoxy) is 1. The number of carbonyl (C=O) groups excluding carboxylic acids is 1. The summed E-state index contributed by atoms with van der Waals surface area (Å²) in [5.41, 5.74) is 3.28. The van der Waals surface area contributed by atoms with Gasteiger partial charge in [-0.15, -0.1) is 0 Å². The van der Waals surface area contributed by atoms with Crippen LogP contribution in [0.3, 0.4) is 0 Å². The first-order valence-corrected chi connectivity index (χ1v) is 10.6. The number of hydrogen-bond acceptors (Lipinski definition) is 4. The highest BCUT2D eigenvalue weighted by atomic mass is 16.5. The van der Waals surface area contributed by atoms with Crippen LogP contribution in [0, 0.1) is 5.92 Å². The van der Waals surface area contributed by atoms with Gasteiger partial charge in [-0.2, -0.15) is 0 Å². The van der Waals surface area contributed by atoms with Gasteiger partial charge < -0.3 is 14.4 Å². The van der Waals surface area contributed by atoms with E-state index in [1.54, 1.807) is 12.1 Å². The molecule has 0 aliphatic carbocycles. The van der Waals surface area contributed by atoms with Crippen LogP contribution in [0.15, 0.2) is 48.4 Å². The van der Waals surface area contributed by atoms with E-state index in [0.29, 0.717) is 35.1 Å². The minimum absolute atomic E-state index is 0.133. The number of piperidine rings is 1. The average Bonchev–Trinajstić information content (AvgIpc) is 3.22. The van der Waals surface area contributed by atoms with E-state index >= 15 is 0 Å². The number of ketones is 1. The fourth-order valence-corrected chi connectivity index (χ4v) is 4.73. The molecule has 0 unspecified atom stereocenters. The topological polar surface area (TPSA) is 54.7 Å². The van der Waals surface area contributed by atoms with Gasteiger partial charge in [0.15, 0.2) is 5.76 Å². The molecular formula is C25H26N2O3. The summed E-state index contributed by atoms with van der Waals surface area (Å²) in [5, 5.41) is 11.6. The molecule has 2 aliphatic heterocycles. The van der Waals surface area contributed by atoms with Gasteiger partial charge >= 0.3 is 0 Å². The van der Waals surface area contributed by atoms with Crippen LogP contribution in [0.1, 0.15) is 41.3 Å². The van der Waals surface area contributed by atoms with Crippen molar-refractivity contribution in [2.75, 3.05) is 13.1 Å². The van der Waals surface area contributed by atoms with E-state index in [4.69, 9.17) is 4.74 Å². The lowest BCUT2D eigenvalue weighted by Crippen LogP contribution is -2.33. The molecule has 1 aromatic heterocycles. The number of fused-ring (bicyclic) bond motifs is 2. The van der Waals surface area contributed by atoms with Gasteiger partial charge in [-0.05, 0) is 49.6 Å². The Morgan fingerprint density at radius 3 is 2.90 bits per heavy atom. The molecule has 30 heavy (non-hydrogen) atoms. The average molecular weight is 402 g/mol. The molecular weight excluding hydrogens is 376 g/mol. The molecule has 3 aromatic rings. The second kappa shape index (κ2) is 7.33. The lowest BCUT2D eigenvalue weighted by atomic mass is 9.99. The van der Waals surface area contributed by atoms with Crippen LogP contribution in [0.4, 0.5) is 0 Å². The standard InChI is InChI=1S/C25H26N2O3/c1-16-6-5-11-27(13-16)15-20-22(28)10-9-19-24(29)23(30-25(19)20)12-17-14-26(2)21-8-4-3-7-18(17)21/h3-4,7-10,12,14,16,28H,5-6,11,13,15H2,1-2H3/b23-12+/t16-/m1/s1. The first-order chi connectivity index (χ1) is 14.5. The predicted octanol–water partition coefficient (Wildman–Crippen LogP) is 4.73. The number of phenolic OH excluding ortho intramolecular Hbond substituents is 1. The third kappa shape index (κ3) is 3.19. The number of rotatable bonds is 3. The van der Waals surface area contributed by atoms with Crippen molar-refractivity contribution >= 4 is 22.8 Å². The van der Waals surface area contributed by atoms with E-state index < -0.39 is 0 Å². The van der Waals surface area contributed by atoms with Crippen LogP contribution in [0.25, 0.3) is 17.0 Å². The number of phenols is 1. The summed E-state index contributed by atoms with van der Waals surface area (Å²) in [5.74, 6) is 1.50. The number of para-hydroxylation sites is 1. The van der Waals surface area contributed by atoms with Crippen LogP contribution < -0.4 is 4.74 Å². The number of aromatic hydroxyl groups is 1. The summed E-state index contributed by atoms with van der Waals surface area (Å²) in [6.45, 7) is 4.84. The zero-order valence-corrected chi connectivity index (χ0v) is 17.4. The number of allylic oxidation sites excluding steroid dienone is 1. The molecule has 3 heterocycles. The van der Waals surface area contributed by atoms with Crippen LogP contribution >= 0.6 is 0 Å². The Bertz CT molecular complexity index is 1170. The number of likely N-dealkylation sites (tertiary alicyclic amines) is 1. The van der Waals surface area contributed by atoms with Crippen molar-refractivity contribution < 1.29 is 14.6 Å². The molecule has 0 spiro atoms. The molecule has 2 aromatic carbocycles. The molecule has 5 rings (SSSR count). The molecule has 5 heteroatoms. The Kier molecular flexibility index (Phi) is 4.63. The number of hydrogen-bond donors (Lipinski definition) is 1. The molecule has 1 atom stereocenters. The zero-order valence-electron chi connectivity index (χ0n) is 17.4. The summed E-state index contributed by atoms with van der Waals surface area (Å²) in [4.78, 5) is 15.4. The highest BCUT2D eigenvalue weighted by Gasteiger charge is 2.32. The van der Waals surface area contributed by atoms with Crippen molar-refractivity contribution in [2.24, 2.45) is 13.0 Å². The number of Topliss-reactive ketones (excluding diaryl/α,β-unsaturated/α-hetero) is 1. The van der Waals surface area contributed by atoms with Crippen molar-refractivity contribution in [3.63, 3.8) is 0 Å². The Hall–Kier alpha value is -3.05. The third-order valence-electron chi connectivity index (χ3n) is 6.25. The lowest BCUT2D eigenvalue weighted by molar-refractivity contribution is 0.101. The van der Waals surface area contributed by atoms with E-state index in [-0.39, 0.29) is 11.5 Å². The largest absolute Gasteiger partial charge is 0.507 e. The molecule has 2 aliphatic rings. The van der Waals surface area contributed by atoms with Crippen LogP contribution in [0.2, 0.25) is 0 Å². The first-order valence-electron chi connectivity index (χ1n) is 10.6. The normalized spacial score (nSPS) is 20.7. The lowest BCUT2D eigenvalue weighted by Gasteiger charge is -2.31. The number of aromatic nitrogens is 1. The van der Waals surface area contributed by atoms with Gasteiger partial charge in [0, 0.05) is 42.8 Å². The number of nitrogens with zero attached hydrogens (tertiary/aromatic N) is 2. The fraction of sp³-hybridized carbons (Fsp3) is 0.320. The summed E-state index contributed by atoms with van der Waals surface area (Å²) in [6, 6.07) is 11.4. The first kappa shape index (κ1) is 18.9. The predicted molar refractivity (Wildman–Crippen MR) is 118 cm³/mol. The van der Waals surface area contributed by atoms with Gasteiger partial charge in [0.2, 0.25) is 5.78 Å². The van der Waals surface area contributed by atoms with E-state index in [9.17, 15) is 9.90 Å². The maximum atomic E-state index is 13.1. The highest BCUT2D eigenvalue weighted by molar-refractivity contribution is 6.15. The number of carbonyl (C=O) groups is 1. The van der Waals surface area contributed by atoms with E-state index in [1.165, 1.54) is 6.42 Å². The van der Waals surface area contributed by atoms with Gasteiger partial charge in [-0.3, -0.25) is 9.69 Å². The SMILES string of the molecule is C[C@@H]1CCCN(Cc2c(O)ccc3c2O/C(=C/c2cn(C)c4ccccc24)C3=O)C1. The van der Waals surface area contributed by atoms with Crippen molar-refractivity contribution in [1.29, 1.82) is 0 Å². The van der Waals surface area contributed by atoms with E-state index in [0.717, 1.165) is 36.0 Å². The number of benzene rings is 2. The van der Waals surface area contributed by atoms with Gasteiger partial charge in [-0.25, -0.2) is 0 Å². The zero-order chi connectivity index (χ0) is 20.8. The Balaban J connectivity index is 1.50. The Morgan fingerprint density at radius 2 is 2.07 bits per heavy atom. The van der Waals surface area contributed by atoms with Crippen molar-refractivity contribution in [2.45, 2.75) is 26.3 Å². The highest BCUT2D eigenvalue weighted by Crippen LogP contribution is 2.41. The van der Waals surface area contributed by atoms with E-state index in [1.807, 2.05) is 42.1 Å². The van der Waals surface area contributed by atoms with E-state index in [2.05, 4.69) is 17.9 Å². The van der Waals surface area contributed by atoms with Crippen molar-refractivity contribution in [1.82, 2.24) is 9.47 Å². The molecule has 0 amide bonds. The summed E-state index contributed by atoms with van der Waals surface area (Å²) < 4.78 is 8.12. The molecule has 0 saturated carbocycles. The maximum absolute atomic E-state index is 13.1. The fourth-order valence-electron chi connectivity index (χ4n) is 4.73. The summed E-state index contributed by atoms with van der Waals surface area (Å²) in [7, 11) is 1.99. The van der Waals surface area contributed by atoms with Gasteiger partial charge in [-0.1, -0.05) is 25.1 Å². The Morgan fingerprint density at radius 1 is 1.23 bits per heavy atom. The second-order valence-corrected chi connectivity index (χ2v) is 8.57. The molecule has 1 N–H and O–H groups in total. The smallest absolute Gasteiger partial charge is 0.231 e. The molecule has 0 bridgehead atoms. The Labute approximate surface area is 176 Å². The minimum Gasteiger partial charge on any atom is -0.507 e. The third-order valence-corrected chi connectivity index (χ3v) is 6.25. The monoisotopic (exact) mass is 402 g/mol. The number of aryl methyl sites for hydroxylation is 1.